The first-order valence-corrected chi connectivity index (χ1v) is 12.4. The number of aryl methyl sites for hydroxylation is 1. The largest absolute Gasteiger partial charge is 0.497 e. The Morgan fingerprint density at radius 2 is 1.43 bits per heavy atom. The van der Waals surface area contributed by atoms with Gasteiger partial charge in [0.1, 0.15) is 22.9 Å². The van der Waals surface area contributed by atoms with Crippen molar-refractivity contribution in [2.24, 2.45) is 0 Å². The lowest BCUT2D eigenvalue weighted by Gasteiger charge is -2.11. The van der Waals surface area contributed by atoms with Crippen LogP contribution in [-0.4, -0.2) is 46.8 Å². The molecule has 0 bridgehead atoms. The lowest BCUT2D eigenvalue weighted by molar-refractivity contribution is -0.114. The van der Waals surface area contributed by atoms with Gasteiger partial charge in [0.2, 0.25) is 11.1 Å². The Morgan fingerprint density at radius 3 is 1.97 bits per heavy atom. The van der Waals surface area contributed by atoms with Crippen LogP contribution in [0.15, 0.2) is 71.9 Å². The fraction of sp³-hybridized carbons (Fsp3) is 0.179. The SMILES string of the molecule is COc1ccc(-c2nnc(SCC(=O)c3ccc(NC(C)=O)c(C)c3)nc2-c2ccc(OC)cc2)cc1. The van der Waals surface area contributed by atoms with E-state index in [-0.39, 0.29) is 17.4 Å². The number of anilines is 1. The Bertz CT molecular complexity index is 1420. The van der Waals surface area contributed by atoms with E-state index >= 15 is 0 Å². The minimum Gasteiger partial charge on any atom is -0.497 e. The van der Waals surface area contributed by atoms with Gasteiger partial charge in [0.25, 0.3) is 0 Å². The number of aromatic nitrogens is 3. The van der Waals surface area contributed by atoms with Crippen LogP contribution in [-0.2, 0) is 4.79 Å². The molecule has 1 amide bonds. The monoisotopic (exact) mass is 514 g/mol. The van der Waals surface area contributed by atoms with Crippen LogP contribution in [0, 0.1) is 6.92 Å². The van der Waals surface area contributed by atoms with E-state index in [1.54, 1.807) is 32.4 Å². The lowest BCUT2D eigenvalue weighted by Crippen LogP contribution is -2.09. The number of rotatable bonds is 9. The molecule has 0 atom stereocenters. The van der Waals surface area contributed by atoms with Gasteiger partial charge in [-0.15, -0.1) is 10.2 Å². The number of ether oxygens (including phenoxy) is 2. The Morgan fingerprint density at radius 1 is 0.838 bits per heavy atom. The van der Waals surface area contributed by atoms with E-state index < -0.39 is 0 Å². The second-order valence-corrected chi connectivity index (χ2v) is 9.11. The molecule has 3 aromatic carbocycles. The van der Waals surface area contributed by atoms with Crippen LogP contribution in [0.1, 0.15) is 22.8 Å². The van der Waals surface area contributed by atoms with Crippen LogP contribution >= 0.6 is 11.8 Å². The predicted octanol–water partition coefficient (Wildman–Crippen LogP) is 5.46. The number of Topliss-reactive ketones (excluding diaryl/α,β-unsaturated/α-hetero) is 1. The minimum absolute atomic E-state index is 0.0729. The molecule has 37 heavy (non-hydrogen) atoms. The zero-order chi connectivity index (χ0) is 26.4. The molecule has 9 heteroatoms. The Kier molecular flexibility index (Phi) is 8.15. The van der Waals surface area contributed by atoms with Gasteiger partial charge in [-0.2, -0.15) is 0 Å². The molecule has 4 rings (SSSR count). The van der Waals surface area contributed by atoms with Crippen molar-refractivity contribution in [3.05, 3.63) is 77.9 Å². The van der Waals surface area contributed by atoms with Crippen molar-refractivity contribution >= 4 is 29.1 Å². The topological polar surface area (TPSA) is 103 Å². The summed E-state index contributed by atoms with van der Waals surface area (Å²) in [5.41, 5.74) is 5.00. The van der Waals surface area contributed by atoms with E-state index in [0.29, 0.717) is 27.8 Å². The summed E-state index contributed by atoms with van der Waals surface area (Å²) in [5.74, 6) is 1.38. The highest BCUT2D eigenvalue weighted by Gasteiger charge is 2.16. The van der Waals surface area contributed by atoms with E-state index in [9.17, 15) is 9.59 Å². The number of hydrogen-bond acceptors (Lipinski definition) is 8. The normalized spacial score (nSPS) is 10.6. The number of hydrogen-bond donors (Lipinski definition) is 1. The first-order chi connectivity index (χ1) is 17.9. The van der Waals surface area contributed by atoms with E-state index in [0.717, 1.165) is 28.2 Å². The molecule has 4 aromatic rings. The van der Waals surface area contributed by atoms with Gasteiger partial charge in [-0.05, 0) is 79.2 Å². The number of nitrogens with zero attached hydrogens (tertiary/aromatic N) is 3. The lowest BCUT2D eigenvalue weighted by atomic mass is 10.0. The van der Waals surface area contributed by atoms with Crippen LogP contribution < -0.4 is 14.8 Å². The van der Waals surface area contributed by atoms with Gasteiger partial charge in [0, 0.05) is 29.3 Å². The summed E-state index contributed by atoms with van der Waals surface area (Å²) >= 11 is 1.22. The first kappa shape index (κ1) is 25.8. The van der Waals surface area contributed by atoms with Crippen molar-refractivity contribution in [1.82, 2.24) is 15.2 Å². The summed E-state index contributed by atoms with van der Waals surface area (Å²) < 4.78 is 10.6. The Hall–Kier alpha value is -4.24. The van der Waals surface area contributed by atoms with Crippen molar-refractivity contribution in [2.75, 3.05) is 25.3 Å². The number of carbonyl (C=O) groups excluding carboxylic acids is 2. The van der Waals surface area contributed by atoms with E-state index in [1.807, 2.05) is 55.5 Å². The summed E-state index contributed by atoms with van der Waals surface area (Å²) in [5, 5.41) is 11.9. The maximum absolute atomic E-state index is 12.9. The maximum atomic E-state index is 12.9. The molecule has 0 unspecified atom stereocenters. The van der Waals surface area contributed by atoms with Crippen molar-refractivity contribution in [3.8, 4) is 34.0 Å². The number of ketones is 1. The quantitative estimate of drug-likeness (QED) is 0.232. The van der Waals surface area contributed by atoms with Crippen molar-refractivity contribution in [1.29, 1.82) is 0 Å². The molecule has 0 fully saturated rings. The highest BCUT2D eigenvalue weighted by Crippen LogP contribution is 2.32. The van der Waals surface area contributed by atoms with Crippen molar-refractivity contribution in [3.63, 3.8) is 0 Å². The number of carbonyl (C=O) groups is 2. The standard InChI is InChI=1S/C28H26N4O4S/c1-17-15-21(9-14-24(17)29-18(2)33)25(34)16-37-28-30-26(19-5-10-22(35-3)11-6-19)27(31-32-28)20-7-12-23(36-4)13-8-20/h5-15H,16H2,1-4H3,(H,29,33). The third kappa shape index (κ3) is 6.31. The van der Waals surface area contributed by atoms with Gasteiger partial charge >= 0.3 is 0 Å². The number of benzene rings is 3. The average Bonchev–Trinajstić information content (AvgIpc) is 2.92. The Balaban J connectivity index is 1.59. The van der Waals surface area contributed by atoms with Gasteiger partial charge in [0.05, 0.1) is 20.0 Å². The average molecular weight is 515 g/mol. The fourth-order valence-electron chi connectivity index (χ4n) is 3.65. The van der Waals surface area contributed by atoms with E-state index in [4.69, 9.17) is 14.5 Å². The molecule has 0 spiro atoms. The maximum Gasteiger partial charge on any atom is 0.221 e. The summed E-state index contributed by atoms with van der Waals surface area (Å²) in [6.45, 7) is 3.30. The zero-order valence-corrected chi connectivity index (χ0v) is 21.8. The third-order valence-electron chi connectivity index (χ3n) is 5.59. The van der Waals surface area contributed by atoms with Crippen LogP contribution in [0.4, 0.5) is 5.69 Å². The second kappa shape index (κ2) is 11.7. The number of thioether (sulfide) groups is 1. The smallest absolute Gasteiger partial charge is 0.221 e. The molecule has 1 heterocycles. The molecule has 8 nitrogen and oxygen atoms in total. The van der Waals surface area contributed by atoms with Crippen molar-refractivity contribution < 1.29 is 19.1 Å². The highest BCUT2D eigenvalue weighted by atomic mass is 32.2. The molecule has 0 aliphatic carbocycles. The molecule has 0 aliphatic heterocycles. The van der Waals surface area contributed by atoms with Crippen LogP contribution in [0.5, 0.6) is 11.5 Å². The van der Waals surface area contributed by atoms with E-state index in [1.165, 1.54) is 18.7 Å². The molecular weight excluding hydrogens is 488 g/mol. The van der Waals surface area contributed by atoms with Gasteiger partial charge in [-0.25, -0.2) is 4.98 Å². The molecule has 0 aliphatic rings. The summed E-state index contributed by atoms with van der Waals surface area (Å²) in [6.07, 6.45) is 0. The number of methoxy groups -OCH3 is 2. The van der Waals surface area contributed by atoms with Gasteiger partial charge in [-0.3, -0.25) is 9.59 Å². The van der Waals surface area contributed by atoms with Gasteiger partial charge in [-0.1, -0.05) is 11.8 Å². The van der Waals surface area contributed by atoms with Crippen LogP contribution in [0.3, 0.4) is 0 Å². The Labute approximate surface area is 219 Å². The summed E-state index contributed by atoms with van der Waals surface area (Å²) in [6, 6.07) is 20.3. The number of nitrogens with one attached hydrogen (secondary N) is 1. The zero-order valence-electron chi connectivity index (χ0n) is 20.9. The molecule has 0 saturated heterocycles. The summed E-state index contributed by atoms with van der Waals surface area (Å²) in [7, 11) is 3.23. The molecule has 188 valence electrons. The molecular formula is C28H26N4O4S. The van der Waals surface area contributed by atoms with E-state index in [2.05, 4.69) is 15.5 Å². The first-order valence-electron chi connectivity index (χ1n) is 11.5. The highest BCUT2D eigenvalue weighted by molar-refractivity contribution is 7.99. The van der Waals surface area contributed by atoms with Gasteiger partial charge in [0.15, 0.2) is 5.78 Å². The molecule has 1 N–H and O–H groups in total. The van der Waals surface area contributed by atoms with Gasteiger partial charge < -0.3 is 14.8 Å². The minimum atomic E-state index is -0.159. The van der Waals surface area contributed by atoms with Crippen molar-refractivity contribution in [2.45, 2.75) is 19.0 Å². The molecule has 0 radical (unpaired) electrons. The molecule has 1 aromatic heterocycles. The van der Waals surface area contributed by atoms with Crippen LogP contribution in [0.2, 0.25) is 0 Å². The summed E-state index contributed by atoms with van der Waals surface area (Å²) in [4.78, 5) is 29.0. The fourth-order valence-corrected chi connectivity index (χ4v) is 4.33. The third-order valence-corrected chi connectivity index (χ3v) is 6.42. The number of amides is 1. The predicted molar refractivity (Wildman–Crippen MR) is 144 cm³/mol. The second-order valence-electron chi connectivity index (χ2n) is 8.17. The molecule has 0 saturated carbocycles. The van der Waals surface area contributed by atoms with Crippen LogP contribution in [0.25, 0.3) is 22.5 Å².